The third kappa shape index (κ3) is 5.82. The highest BCUT2D eigenvalue weighted by molar-refractivity contribution is 7.89. The Morgan fingerprint density at radius 3 is 2.52 bits per heavy atom. The molecule has 1 aromatic rings. The molecule has 0 unspecified atom stereocenters. The predicted octanol–water partition coefficient (Wildman–Crippen LogP) is 1.31. The van der Waals surface area contributed by atoms with Crippen LogP contribution in [0.15, 0.2) is 29.2 Å². The lowest BCUT2D eigenvalue weighted by atomic mass is 10.2. The molecule has 0 bridgehead atoms. The molecule has 0 spiro atoms. The van der Waals surface area contributed by atoms with E-state index in [0.717, 1.165) is 6.54 Å². The normalized spacial score (nSPS) is 11.6. The van der Waals surface area contributed by atoms with E-state index in [1.54, 1.807) is 18.2 Å². The van der Waals surface area contributed by atoms with Gasteiger partial charge < -0.3 is 10.6 Å². The monoisotopic (exact) mass is 313 g/mol. The number of anilines is 1. The molecule has 0 aliphatic heterocycles. The Hall–Kier alpha value is -1.44. The minimum absolute atomic E-state index is 0.0705. The number of hydrogen-bond acceptors (Lipinski definition) is 4. The molecule has 0 radical (unpaired) electrons. The van der Waals surface area contributed by atoms with Gasteiger partial charge in [-0.25, -0.2) is 13.1 Å². The first-order valence-corrected chi connectivity index (χ1v) is 8.41. The van der Waals surface area contributed by atoms with E-state index in [1.807, 2.05) is 13.8 Å². The van der Waals surface area contributed by atoms with E-state index in [0.29, 0.717) is 24.6 Å². The van der Waals surface area contributed by atoms with Crippen molar-refractivity contribution in [3.05, 3.63) is 24.3 Å². The Morgan fingerprint density at radius 2 is 1.90 bits per heavy atom. The molecule has 118 valence electrons. The zero-order valence-corrected chi connectivity index (χ0v) is 13.5. The summed E-state index contributed by atoms with van der Waals surface area (Å²) in [5, 5.41) is 5.88. The van der Waals surface area contributed by atoms with Crippen LogP contribution in [0.5, 0.6) is 0 Å². The van der Waals surface area contributed by atoms with Crippen LogP contribution in [0.3, 0.4) is 0 Å². The molecular formula is C14H23N3O3S. The first kappa shape index (κ1) is 17.6. The highest BCUT2D eigenvalue weighted by Gasteiger charge is 2.17. The van der Waals surface area contributed by atoms with Crippen molar-refractivity contribution in [1.29, 1.82) is 0 Å². The van der Waals surface area contributed by atoms with Crippen molar-refractivity contribution in [2.24, 2.45) is 0 Å². The minimum Gasteiger partial charge on any atom is -0.325 e. The molecule has 7 heteroatoms. The van der Waals surface area contributed by atoms with Crippen molar-refractivity contribution in [3.63, 3.8) is 0 Å². The minimum atomic E-state index is -3.59. The van der Waals surface area contributed by atoms with Gasteiger partial charge >= 0.3 is 0 Å². The Balaban J connectivity index is 2.65. The summed E-state index contributed by atoms with van der Waals surface area (Å²) >= 11 is 0. The summed E-state index contributed by atoms with van der Waals surface area (Å²) in [6.45, 7) is 4.83. The van der Waals surface area contributed by atoms with Crippen LogP contribution in [0.2, 0.25) is 0 Å². The second-order valence-corrected chi connectivity index (χ2v) is 6.82. The number of sulfonamides is 1. The molecule has 1 amide bonds. The maximum Gasteiger partial charge on any atom is 0.242 e. The van der Waals surface area contributed by atoms with Crippen molar-refractivity contribution < 1.29 is 13.2 Å². The number of carbonyl (C=O) groups is 1. The number of para-hydroxylation sites is 1. The summed E-state index contributed by atoms with van der Waals surface area (Å²) in [5.74, 6) is -0.195. The first-order valence-electron chi connectivity index (χ1n) is 6.92. The molecule has 6 nitrogen and oxygen atoms in total. The lowest BCUT2D eigenvalue weighted by molar-refractivity contribution is -0.116. The molecule has 0 saturated heterocycles. The molecule has 0 atom stereocenters. The van der Waals surface area contributed by atoms with Crippen molar-refractivity contribution >= 4 is 21.6 Å². The van der Waals surface area contributed by atoms with Crippen LogP contribution in [-0.2, 0) is 14.8 Å². The van der Waals surface area contributed by atoms with Gasteiger partial charge in [0.2, 0.25) is 15.9 Å². The fourth-order valence-corrected chi connectivity index (χ4v) is 2.65. The van der Waals surface area contributed by atoms with Gasteiger partial charge in [-0.1, -0.05) is 26.0 Å². The lowest BCUT2D eigenvalue weighted by Gasteiger charge is -2.11. The molecule has 21 heavy (non-hydrogen) atoms. The van der Waals surface area contributed by atoms with Crippen LogP contribution in [0.1, 0.15) is 26.7 Å². The van der Waals surface area contributed by atoms with Crippen molar-refractivity contribution in [2.45, 2.75) is 37.6 Å². The third-order valence-corrected chi connectivity index (χ3v) is 4.33. The van der Waals surface area contributed by atoms with E-state index in [2.05, 4.69) is 15.4 Å². The van der Waals surface area contributed by atoms with Gasteiger partial charge in [-0.05, 0) is 32.1 Å². The van der Waals surface area contributed by atoms with Crippen molar-refractivity contribution in [2.75, 3.05) is 18.9 Å². The summed E-state index contributed by atoms with van der Waals surface area (Å²) in [5.41, 5.74) is 0.300. The standard InChI is InChI=1S/C14H23N3O3S/c1-11(2)16-10-6-9-14(18)17-12-7-4-5-8-13(12)21(19,20)15-3/h4-5,7-8,11,15-16H,6,9-10H2,1-3H3,(H,17,18). The van der Waals surface area contributed by atoms with Crippen LogP contribution in [0.4, 0.5) is 5.69 Å². The van der Waals surface area contributed by atoms with Gasteiger partial charge in [-0.15, -0.1) is 0 Å². The van der Waals surface area contributed by atoms with E-state index < -0.39 is 10.0 Å². The molecule has 3 N–H and O–H groups in total. The van der Waals surface area contributed by atoms with Gasteiger partial charge in [-0.3, -0.25) is 4.79 Å². The topological polar surface area (TPSA) is 87.3 Å². The Morgan fingerprint density at radius 1 is 1.24 bits per heavy atom. The quantitative estimate of drug-likeness (QED) is 0.632. The number of amides is 1. The zero-order valence-electron chi connectivity index (χ0n) is 12.6. The van der Waals surface area contributed by atoms with Crippen LogP contribution < -0.4 is 15.4 Å². The molecule has 1 rings (SSSR count). The number of carbonyl (C=O) groups excluding carboxylic acids is 1. The largest absolute Gasteiger partial charge is 0.325 e. The molecule has 0 saturated carbocycles. The predicted molar refractivity (Wildman–Crippen MR) is 83.7 cm³/mol. The second-order valence-electron chi connectivity index (χ2n) is 4.96. The maximum atomic E-state index is 11.9. The summed E-state index contributed by atoms with van der Waals surface area (Å²) in [6, 6.07) is 6.72. The van der Waals surface area contributed by atoms with Gasteiger partial charge in [0, 0.05) is 12.5 Å². The molecule has 0 aromatic heterocycles. The highest BCUT2D eigenvalue weighted by atomic mass is 32.2. The third-order valence-electron chi connectivity index (χ3n) is 2.85. The molecule has 0 heterocycles. The Bertz CT molecular complexity index is 571. The van der Waals surface area contributed by atoms with Gasteiger partial charge in [0.15, 0.2) is 0 Å². The second kappa shape index (κ2) is 8.11. The smallest absolute Gasteiger partial charge is 0.242 e. The van der Waals surface area contributed by atoms with E-state index in [4.69, 9.17) is 0 Å². The zero-order chi connectivity index (χ0) is 15.9. The first-order chi connectivity index (χ1) is 9.86. The molecule has 0 aliphatic carbocycles. The Kier molecular flexibility index (Phi) is 6.80. The van der Waals surface area contributed by atoms with Gasteiger partial charge in [0.25, 0.3) is 0 Å². The maximum absolute atomic E-state index is 11.9. The summed E-state index contributed by atoms with van der Waals surface area (Å²) in [7, 11) is -2.25. The van der Waals surface area contributed by atoms with Crippen LogP contribution >= 0.6 is 0 Å². The van der Waals surface area contributed by atoms with Crippen LogP contribution in [-0.4, -0.2) is 34.0 Å². The summed E-state index contributed by atoms with van der Waals surface area (Å²) in [6.07, 6.45) is 1.04. The van der Waals surface area contributed by atoms with Gasteiger partial charge in [0.1, 0.15) is 4.90 Å². The van der Waals surface area contributed by atoms with Crippen molar-refractivity contribution in [3.8, 4) is 0 Å². The molecular weight excluding hydrogens is 290 g/mol. The Labute approximate surface area is 126 Å². The molecule has 1 aromatic carbocycles. The lowest BCUT2D eigenvalue weighted by Crippen LogP contribution is -2.25. The number of nitrogens with one attached hydrogen (secondary N) is 3. The van der Waals surface area contributed by atoms with Crippen molar-refractivity contribution in [1.82, 2.24) is 10.0 Å². The fourth-order valence-electron chi connectivity index (χ4n) is 1.77. The van der Waals surface area contributed by atoms with Crippen LogP contribution in [0, 0.1) is 0 Å². The van der Waals surface area contributed by atoms with Gasteiger partial charge in [-0.2, -0.15) is 0 Å². The average Bonchev–Trinajstić information content (AvgIpc) is 2.44. The van der Waals surface area contributed by atoms with E-state index in [9.17, 15) is 13.2 Å². The van der Waals surface area contributed by atoms with E-state index in [1.165, 1.54) is 13.1 Å². The molecule has 0 aliphatic rings. The molecule has 0 fully saturated rings. The van der Waals surface area contributed by atoms with Gasteiger partial charge in [0.05, 0.1) is 5.69 Å². The SMILES string of the molecule is CNS(=O)(=O)c1ccccc1NC(=O)CCCNC(C)C. The average molecular weight is 313 g/mol. The number of rotatable bonds is 8. The summed E-state index contributed by atoms with van der Waals surface area (Å²) < 4.78 is 26.0. The highest BCUT2D eigenvalue weighted by Crippen LogP contribution is 2.20. The van der Waals surface area contributed by atoms with E-state index >= 15 is 0 Å². The summed E-state index contributed by atoms with van der Waals surface area (Å²) in [4.78, 5) is 11.9. The number of hydrogen-bond donors (Lipinski definition) is 3. The van der Waals surface area contributed by atoms with Crippen LogP contribution in [0.25, 0.3) is 0 Å². The fraction of sp³-hybridized carbons (Fsp3) is 0.500. The van der Waals surface area contributed by atoms with E-state index in [-0.39, 0.29) is 10.8 Å². The number of benzene rings is 1.